The number of aliphatic hydroxyl groups excluding tert-OH is 1. The number of aliphatic hydroxyl groups is 1. The second kappa shape index (κ2) is 7.80. The monoisotopic (exact) mass is 156 g/mol. The second-order valence-corrected chi connectivity index (χ2v) is 3.07. The zero-order valence-corrected chi connectivity index (χ0v) is 7.55. The molecular formula is C10H20O. The summed E-state index contributed by atoms with van der Waals surface area (Å²) in [6.45, 7) is 6.18. The first-order valence-electron chi connectivity index (χ1n) is 4.56. The Hall–Kier alpha value is -0.300. The zero-order valence-electron chi connectivity index (χ0n) is 7.55. The first-order valence-corrected chi connectivity index (χ1v) is 4.56. The highest BCUT2D eigenvalue weighted by molar-refractivity contribution is 4.72. The molecule has 1 atom stereocenters. The third-order valence-corrected chi connectivity index (χ3v) is 1.97. The molecule has 0 aliphatic heterocycles. The van der Waals surface area contributed by atoms with Gasteiger partial charge < -0.3 is 5.11 Å². The van der Waals surface area contributed by atoms with Crippen LogP contribution in [0.4, 0.5) is 0 Å². The van der Waals surface area contributed by atoms with Crippen LogP contribution in [0.3, 0.4) is 0 Å². The highest BCUT2D eigenvalue weighted by Crippen LogP contribution is 2.12. The molecule has 1 heteroatoms. The van der Waals surface area contributed by atoms with E-state index in [0.29, 0.717) is 12.5 Å². The minimum Gasteiger partial charge on any atom is -0.396 e. The predicted molar refractivity (Wildman–Crippen MR) is 49.5 cm³/mol. The zero-order chi connectivity index (χ0) is 8.53. The quantitative estimate of drug-likeness (QED) is 0.444. The highest BCUT2D eigenvalue weighted by Gasteiger charge is 2.03. The molecule has 0 bridgehead atoms. The fraction of sp³-hybridized carbons (Fsp3) is 0.800. The molecule has 11 heavy (non-hydrogen) atoms. The van der Waals surface area contributed by atoms with Crippen LogP contribution in [0.2, 0.25) is 0 Å². The maximum absolute atomic E-state index is 8.91. The van der Waals surface area contributed by atoms with Crippen LogP contribution in [-0.2, 0) is 0 Å². The van der Waals surface area contributed by atoms with E-state index in [4.69, 9.17) is 5.11 Å². The van der Waals surface area contributed by atoms with Gasteiger partial charge in [-0.05, 0) is 18.8 Å². The van der Waals surface area contributed by atoms with E-state index in [1.54, 1.807) is 0 Å². The molecule has 1 N–H and O–H groups in total. The lowest BCUT2D eigenvalue weighted by Crippen LogP contribution is -2.04. The summed E-state index contributed by atoms with van der Waals surface area (Å²) in [5.41, 5.74) is 0. The molecule has 0 saturated heterocycles. The molecule has 0 spiro atoms. The van der Waals surface area contributed by atoms with Gasteiger partial charge in [-0.25, -0.2) is 0 Å². The van der Waals surface area contributed by atoms with Crippen molar-refractivity contribution in [1.82, 2.24) is 0 Å². The summed E-state index contributed by atoms with van der Waals surface area (Å²) >= 11 is 0. The van der Waals surface area contributed by atoms with Gasteiger partial charge in [0.15, 0.2) is 0 Å². The van der Waals surface area contributed by atoms with E-state index in [-0.39, 0.29) is 0 Å². The van der Waals surface area contributed by atoms with Crippen LogP contribution < -0.4 is 0 Å². The van der Waals surface area contributed by atoms with Crippen molar-refractivity contribution in [3.63, 3.8) is 0 Å². The molecule has 0 aliphatic rings. The minimum atomic E-state index is 0.315. The van der Waals surface area contributed by atoms with Gasteiger partial charge in [0.05, 0.1) is 0 Å². The van der Waals surface area contributed by atoms with Crippen molar-refractivity contribution in [1.29, 1.82) is 0 Å². The lowest BCUT2D eigenvalue weighted by atomic mass is 9.99. The molecule has 1 nitrogen and oxygen atoms in total. The number of unbranched alkanes of at least 4 members (excludes halogenated alkanes) is 2. The van der Waals surface area contributed by atoms with Gasteiger partial charge in [-0.1, -0.05) is 32.3 Å². The first kappa shape index (κ1) is 10.7. The average Bonchev–Trinajstić information content (AvgIpc) is 2.03. The van der Waals surface area contributed by atoms with Gasteiger partial charge in [0.2, 0.25) is 0 Å². The van der Waals surface area contributed by atoms with E-state index in [1.807, 2.05) is 6.08 Å². The van der Waals surface area contributed by atoms with Crippen molar-refractivity contribution in [2.24, 2.45) is 5.92 Å². The summed E-state index contributed by atoms with van der Waals surface area (Å²) in [6, 6.07) is 0. The van der Waals surface area contributed by atoms with Gasteiger partial charge in [-0.2, -0.15) is 0 Å². The summed E-state index contributed by atoms with van der Waals surface area (Å²) in [5.74, 6) is 0.457. The smallest absolute Gasteiger partial charge is 0.0462 e. The largest absolute Gasteiger partial charge is 0.396 e. The van der Waals surface area contributed by atoms with Crippen molar-refractivity contribution in [2.45, 2.75) is 39.0 Å². The van der Waals surface area contributed by atoms with Gasteiger partial charge in [0, 0.05) is 6.61 Å². The second-order valence-electron chi connectivity index (χ2n) is 3.07. The topological polar surface area (TPSA) is 20.2 Å². The van der Waals surface area contributed by atoms with E-state index in [2.05, 4.69) is 13.5 Å². The van der Waals surface area contributed by atoms with E-state index in [0.717, 1.165) is 12.8 Å². The van der Waals surface area contributed by atoms with Gasteiger partial charge in [-0.15, -0.1) is 6.58 Å². The highest BCUT2D eigenvalue weighted by atomic mass is 16.3. The Labute approximate surface area is 70.1 Å². The molecule has 0 aliphatic carbocycles. The van der Waals surface area contributed by atoms with Crippen molar-refractivity contribution in [3.8, 4) is 0 Å². The maximum Gasteiger partial charge on any atom is 0.0462 e. The summed E-state index contributed by atoms with van der Waals surface area (Å²) in [5, 5.41) is 8.91. The molecular weight excluding hydrogens is 136 g/mol. The Morgan fingerprint density at radius 3 is 2.64 bits per heavy atom. The molecule has 0 aromatic carbocycles. The van der Waals surface area contributed by atoms with Crippen LogP contribution in [0.25, 0.3) is 0 Å². The fourth-order valence-corrected chi connectivity index (χ4v) is 1.20. The molecule has 66 valence electrons. The third-order valence-electron chi connectivity index (χ3n) is 1.97. The summed E-state index contributed by atoms with van der Waals surface area (Å²) < 4.78 is 0. The van der Waals surface area contributed by atoms with Gasteiger partial charge >= 0.3 is 0 Å². The van der Waals surface area contributed by atoms with Gasteiger partial charge in [0.1, 0.15) is 0 Å². The molecule has 0 heterocycles. The average molecular weight is 156 g/mol. The Kier molecular flexibility index (Phi) is 7.59. The van der Waals surface area contributed by atoms with Crippen LogP contribution in [0.1, 0.15) is 39.0 Å². The summed E-state index contributed by atoms with van der Waals surface area (Å²) in [4.78, 5) is 0. The fourth-order valence-electron chi connectivity index (χ4n) is 1.20. The Morgan fingerprint density at radius 1 is 1.45 bits per heavy atom. The summed E-state index contributed by atoms with van der Waals surface area (Å²) in [7, 11) is 0. The number of rotatable bonds is 7. The number of allylic oxidation sites excluding steroid dienone is 1. The van der Waals surface area contributed by atoms with Crippen LogP contribution in [0.5, 0.6) is 0 Å². The number of hydrogen-bond donors (Lipinski definition) is 1. The Balaban J connectivity index is 3.27. The van der Waals surface area contributed by atoms with Crippen molar-refractivity contribution < 1.29 is 5.11 Å². The van der Waals surface area contributed by atoms with Crippen molar-refractivity contribution in [2.75, 3.05) is 6.61 Å². The van der Waals surface area contributed by atoms with E-state index in [9.17, 15) is 0 Å². The molecule has 1 unspecified atom stereocenters. The van der Waals surface area contributed by atoms with Gasteiger partial charge in [-0.3, -0.25) is 0 Å². The Morgan fingerprint density at radius 2 is 2.18 bits per heavy atom. The lowest BCUT2D eigenvalue weighted by Gasteiger charge is -2.10. The molecule has 0 fully saturated rings. The van der Waals surface area contributed by atoms with Crippen LogP contribution in [-0.4, -0.2) is 11.7 Å². The molecule has 0 radical (unpaired) electrons. The predicted octanol–water partition coefficient (Wildman–Crippen LogP) is 2.75. The molecule has 0 rings (SSSR count). The molecule has 0 saturated carbocycles. The van der Waals surface area contributed by atoms with Gasteiger partial charge in [0.25, 0.3) is 0 Å². The van der Waals surface area contributed by atoms with Crippen molar-refractivity contribution >= 4 is 0 Å². The first-order chi connectivity index (χ1) is 5.35. The third kappa shape index (κ3) is 6.11. The van der Waals surface area contributed by atoms with Crippen LogP contribution in [0.15, 0.2) is 12.7 Å². The van der Waals surface area contributed by atoms with E-state index in [1.165, 1.54) is 19.3 Å². The van der Waals surface area contributed by atoms with Crippen LogP contribution >= 0.6 is 0 Å². The van der Waals surface area contributed by atoms with E-state index < -0.39 is 0 Å². The molecule has 0 aromatic heterocycles. The normalized spacial score (nSPS) is 12.9. The maximum atomic E-state index is 8.91. The SMILES string of the molecule is C=CCC(CO)CCCCC. The van der Waals surface area contributed by atoms with Crippen molar-refractivity contribution in [3.05, 3.63) is 12.7 Å². The summed E-state index contributed by atoms with van der Waals surface area (Å²) in [6.07, 6.45) is 7.79. The molecule has 0 aromatic rings. The lowest BCUT2D eigenvalue weighted by molar-refractivity contribution is 0.217. The Bertz CT molecular complexity index is 88.9. The molecule has 0 amide bonds. The van der Waals surface area contributed by atoms with E-state index >= 15 is 0 Å². The standard InChI is InChI=1S/C10H20O/c1-3-5-6-8-10(9-11)7-4-2/h4,10-11H,2-3,5-9H2,1H3. The number of hydrogen-bond acceptors (Lipinski definition) is 1. The van der Waals surface area contributed by atoms with Crippen LogP contribution in [0, 0.1) is 5.92 Å². The minimum absolute atomic E-state index is 0.315.